The molecule has 0 bridgehead atoms. The lowest BCUT2D eigenvalue weighted by Gasteiger charge is -2.20. The van der Waals surface area contributed by atoms with Gasteiger partial charge in [0.1, 0.15) is 0 Å². The number of nitrogens with zero attached hydrogens (tertiary/aromatic N) is 3. The molecule has 0 atom stereocenters. The second-order valence-corrected chi connectivity index (χ2v) is 6.21. The third-order valence-electron chi connectivity index (χ3n) is 3.55. The highest BCUT2D eigenvalue weighted by atomic mass is 32.2. The van der Waals surface area contributed by atoms with E-state index in [9.17, 15) is 4.79 Å². The number of aryl methyl sites for hydroxylation is 1. The fourth-order valence-electron chi connectivity index (χ4n) is 2.21. The molecule has 1 fully saturated rings. The first-order chi connectivity index (χ1) is 10.2. The van der Waals surface area contributed by atoms with E-state index in [1.165, 1.54) is 18.2 Å². The van der Waals surface area contributed by atoms with E-state index in [0.29, 0.717) is 22.7 Å². The number of aromatic nitrogens is 4. The molecule has 0 aromatic carbocycles. The van der Waals surface area contributed by atoms with Crippen molar-refractivity contribution in [2.75, 3.05) is 0 Å². The minimum atomic E-state index is -0.114. The second-order valence-electron chi connectivity index (χ2n) is 5.24. The van der Waals surface area contributed by atoms with Crippen molar-refractivity contribution in [2.24, 2.45) is 0 Å². The molecule has 2 aromatic heterocycles. The summed E-state index contributed by atoms with van der Waals surface area (Å²) in [5.74, 6) is 2.31. The molecule has 1 N–H and O–H groups in total. The molecule has 2 aromatic rings. The van der Waals surface area contributed by atoms with Gasteiger partial charge in [0.15, 0.2) is 5.16 Å². The Morgan fingerprint density at radius 2 is 2.29 bits per heavy atom. The maximum atomic E-state index is 11.6. The lowest BCUT2D eigenvalue weighted by Crippen LogP contribution is -2.10. The third-order valence-corrected chi connectivity index (χ3v) is 4.41. The zero-order valence-electron chi connectivity index (χ0n) is 12.0. The lowest BCUT2D eigenvalue weighted by atomic mass is 9.85. The zero-order chi connectivity index (χ0) is 14.7. The van der Waals surface area contributed by atoms with Gasteiger partial charge in [-0.05, 0) is 19.3 Å². The highest BCUT2D eigenvalue weighted by Gasteiger charge is 2.25. The topological polar surface area (TPSA) is 84.7 Å². The van der Waals surface area contributed by atoms with Crippen molar-refractivity contribution in [1.82, 2.24) is 20.2 Å². The summed E-state index contributed by atoms with van der Waals surface area (Å²) < 4.78 is 5.65. The molecule has 0 aliphatic heterocycles. The Kier molecular flexibility index (Phi) is 4.38. The van der Waals surface area contributed by atoms with Gasteiger partial charge in [-0.15, -0.1) is 10.2 Å². The summed E-state index contributed by atoms with van der Waals surface area (Å²) in [5.41, 5.74) is 0.709. The largest absolute Gasteiger partial charge is 0.424 e. The van der Waals surface area contributed by atoms with Crippen LogP contribution in [0.15, 0.2) is 20.4 Å². The Bertz CT molecular complexity index is 663. The van der Waals surface area contributed by atoms with Crippen LogP contribution in [0.25, 0.3) is 0 Å². The molecule has 7 heteroatoms. The highest BCUT2D eigenvalue weighted by Crippen LogP contribution is 2.35. The van der Waals surface area contributed by atoms with Crippen molar-refractivity contribution in [3.8, 4) is 0 Å². The Labute approximate surface area is 126 Å². The van der Waals surface area contributed by atoms with Crippen molar-refractivity contribution >= 4 is 11.8 Å². The highest BCUT2D eigenvalue weighted by molar-refractivity contribution is 7.98. The van der Waals surface area contributed by atoms with Crippen LogP contribution in [0, 0.1) is 0 Å². The maximum Gasteiger partial charge on any atom is 0.251 e. The van der Waals surface area contributed by atoms with Crippen LogP contribution in [0.1, 0.15) is 56.0 Å². The summed E-state index contributed by atoms with van der Waals surface area (Å²) >= 11 is 1.42. The molecule has 6 nitrogen and oxygen atoms in total. The molecule has 21 heavy (non-hydrogen) atoms. The summed E-state index contributed by atoms with van der Waals surface area (Å²) in [6, 6.07) is 1.55. The van der Waals surface area contributed by atoms with Crippen LogP contribution in [0.5, 0.6) is 0 Å². The van der Waals surface area contributed by atoms with Crippen molar-refractivity contribution in [1.29, 1.82) is 0 Å². The van der Waals surface area contributed by atoms with Gasteiger partial charge in [-0.2, -0.15) is 0 Å². The lowest BCUT2D eigenvalue weighted by molar-refractivity contribution is 0.328. The molecule has 3 rings (SSSR count). The quantitative estimate of drug-likeness (QED) is 0.652. The molecule has 0 amide bonds. The molecule has 1 aliphatic carbocycles. The van der Waals surface area contributed by atoms with Crippen molar-refractivity contribution in [3.63, 3.8) is 0 Å². The summed E-state index contributed by atoms with van der Waals surface area (Å²) in [6.07, 6.45) is 5.30. The van der Waals surface area contributed by atoms with Gasteiger partial charge in [-0.1, -0.05) is 31.5 Å². The average Bonchev–Trinajstić information content (AvgIpc) is 2.82. The number of nitrogens with one attached hydrogen (secondary N) is 1. The number of hydrogen-bond donors (Lipinski definition) is 1. The van der Waals surface area contributed by atoms with Gasteiger partial charge in [-0.25, -0.2) is 4.98 Å². The number of H-pyrrole nitrogens is 1. The first-order valence-electron chi connectivity index (χ1n) is 7.30. The van der Waals surface area contributed by atoms with Gasteiger partial charge < -0.3 is 9.40 Å². The van der Waals surface area contributed by atoms with Crippen LogP contribution in [-0.4, -0.2) is 20.2 Å². The van der Waals surface area contributed by atoms with Gasteiger partial charge in [0.25, 0.3) is 5.56 Å². The van der Waals surface area contributed by atoms with Crippen molar-refractivity contribution < 1.29 is 4.42 Å². The Morgan fingerprint density at radius 3 is 3.00 bits per heavy atom. The summed E-state index contributed by atoms with van der Waals surface area (Å²) in [6.45, 7) is 2.07. The number of aromatic amines is 1. The molecule has 0 radical (unpaired) electrons. The molecule has 0 unspecified atom stereocenters. The second kappa shape index (κ2) is 6.43. The van der Waals surface area contributed by atoms with E-state index in [1.54, 1.807) is 6.07 Å². The predicted octanol–water partition coefficient (Wildman–Crippen LogP) is 2.67. The van der Waals surface area contributed by atoms with Crippen LogP contribution in [-0.2, 0) is 12.2 Å². The monoisotopic (exact) mass is 306 g/mol. The van der Waals surface area contributed by atoms with Gasteiger partial charge in [0.2, 0.25) is 11.8 Å². The number of thioether (sulfide) groups is 1. The van der Waals surface area contributed by atoms with Gasteiger partial charge in [0, 0.05) is 17.7 Å². The van der Waals surface area contributed by atoms with E-state index in [0.717, 1.165) is 37.3 Å². The smallest absolute Gasteiger partial charge is 0.251 e. The van der Waals surface area contributed by atoms with Crippen molar-refractivity contribution in [2.45, 2.75) is 55.9 Å². The standard InChI is InChI=1S/C14H18N4O2S/c1-2-4-10-7-11(19)16-14(15-10)21-8-12-17-18-13(20-12)9-5-3-6-9/h7,9H,2-6,8H2,1H3,(H,15,16,19). The van der Waals surface area contributed by atoms with Crippen LogP contribution in [0.3, 0.4) is 0 Å². The van der Waals surface area contributed by atoms with Gasteiger partial charge >= 0.3 is 0 Å². The molecule has 2 heterocycles. The molecule has 0 spiro atoms. The third kappa shape index (κ3) is 3.53. The fraction of sp³-hybridized carbons (Fsp3) is 0.571. The maximum absolute atomic E-state index is 11.6. The summed E-state index contributed by atoms with van der Waals surface area (Å²) in [5, 5.41) is 8.76. The van der Waals surface area contributed by atoms with E-state index >= 15 is 0 Å². The SMILES string of the molecule is CCCc1cc(=O)[nH]c(SCc2nnc(C3CCC3)o2)n1. The van der Waals surface area contributed by atoms with E-state index in [-0.39, 0.29) is 5.56 Å². The summed E-state index contributed by atoms with van der Waals surface area (Å²) in [7, 11) is 0. The van der Waals surface area contributed by atoms with E-state index in [1.807, 2.05) is 0 Å². The molecular formula is C14H18N4O2S. The fourth-order valence-corrected chi connectivity index (χ4v) is 2.94. The summed E-state index contributed by atoms with van der Waals surface area (Å²) in [4.78, 5) is 18.7. The predicted molar refractivity (Wildman–Crippen MR) is 79.3 cm³/mol. The van der Waals surface area contributed by atoms with Crippen LogP contribution in [0.4, 0.5) is 0 Å². The van der Waals surface area contributed by atoms with E-state index in [4.69, 9.17) is 4.42 Å². The van der Waals surface area contributed by atoms with Crippen LogP contribution in [0.2, 0.25) is 0 Å². The first-order valence-corrected chi connectivity index (χ1v) is 8.28. The molecule has 1 aliphatic rings. The minimum absolute atomic E-state index is 0.114. The Morgan fingerprint density at radius 1 is 1.43 bits per heavy atom. The van der Waals surface area contributed by atoms with Gasteiger partial charge in [-0.3, -0.25) is 4.79 Å². The zero-order valence-corrected chi connectivity index (χ0v) is 12.8. The Balaban J connectivity index is 1.64. The molecule has 0 saturated heterocycles. The normalized spacial score (nSPS) is 15.1. The number of rotatable bonds is 6. The first kappa shape index (κ1) is 14.3. The van der Waals surface area contributed by atoms with Crippen LogP contribution >= 0.6 is 11.8 Å². The van der Waals surface area contributed by atoms with E-state index < -0.39 is 0 Å². The Hall–Kier alpha value is -1.63. The molecule has 112 valence electrons. The molecular weight excluding hydrogens is 288 g/mol. The van der Waals surface area contributed by atoms with Gasteiger partial charge in [0.05, 0.1) is 5.75 Å². The van der Waals surface area contributed by atoms with Crippen LogP contribution < -0.4 is 5.56 Å². The number of hydrogen-bond acceptors (Lipinski definition) is 6. The minimum Gasteiger partial charge on any atom is -0.424 e. The average molecular weight is 306 g/mol. The van der Waals surface area contributed by atoms with E-state index in [2.05, 4.69) is 27.1 Å². The van der Waals surface area contributed by atoms with Crippen molar-refractivity contribution in [3.05, 3.63) is 33.9 Å². The molecule has 1 saturated carbocycles.